The molecule has 0 atom stereocenters. The Balaban J connectivity index is 2.73. The van der Waals surface area contributed by atoms with Gasteiger partial charge >= 0.3 is 11.8 Å². The summed E-state index contributed by atoms with van der Waals surface area (Å²) in [4.78, 5) is 21.5. The lowest BCUT2D eigenvalue weighted by molar-refractivity contribution is -0.391. The second-order valence-electron chi connectivity index (χ2n) is 3.38. The van der Waals surface area contributed by atoms with Crippen molar-refractivity contribution in [2.24, 2.45) is 7.05 Å². The molecule has 0 radical (unpaired) electrons. The number of aromatic nitrogens is 1. The van der Waals surface area contributed by atoms with Gasteiger partial charge in [0.1, 0.15) is 0 Å². The minimum absolute atomic E-state index is 0.123. The van der Waals surface area contributed by atoms with E-state index in [2.05, 4.69) is 0 Å². The van der Waals surface area contributed by atoms with Crippen LogP contribution < -0.4 is 0 Å². The number of carbonyl (C=O) groups excluding carboxylic acids is 1. The molecule has 1 heterocycles. The minimum atomic E-state index is -0.539. The summed E-state index contributed by atoms with van der Waals surface area (Å²) in [7, 11) is 1.47. The summed E-state index contributed by atoms with van der Waals surface area (Å²) < 4.78 is 6.18. The third kappa shape index (κ3) is 2.59. The average molecular weight is 226 g/mol. The fourth-order valence-corrected chi connectivity index (χ4v) is 1.27. The predicted molar refractivity (Wildman–Crippen MR) is 57.3 cm³/mol. The molecule has 0 fully saturated rings. The molecule has 0 aliphatic carbocycles. The lowest BCUT2D eigenvalue weighted by atomic mass is 10.3. The molecule has 0 amide bonds. The van der Waals surface area contributed by atoms with E-state index in [4.69, 9.17) is 4.74 Å². The maximum Gasteiger partial charge on any atom is 0.378 e. The van der Waals surface area contributed by atoms with E-state index in [1.165, 1.54) is 23.7 Å². The maximum absolute atomic E-state index is 11.5. The number of hydrogen-bond donors (Lipinski definition) is 0. The second-order valence-corrected chi connectivity index (χ2v) is 3.38. The molecule has 0 aromatic carbocycles. The molecule has 0 unspecified atom stereocenters. The summed E-state index contributed by atoms with van der Waals surface area (Å²) in [5.74, 6) is -0.647. The van der Waals surface area contributed by atoms with Gasteiger partial charge in [0, 0.05) is 12.1 Å². The summed E-state index contributed by atoms with van der Waals surface area (Å²) in [6.07, 6.45) is 1.72. The zero-order valence-corrected chi connectivity index (χ0v) is 9.30. The third-order valence-electron chi connectivity index (χ3n) is 2.22. The van der Waals surface area contributed by atoms with E-state index < -0.39 is 10.9 Å². The summed E-state index contributed by atoms with van der Waals surface area (Å²) in [5.41, 5.74) is 0.197. The van der Waals surface area contributed by atoms with Crippen LogP contribution in [0.5, 0.6) is 0 Å². The first-order chi connectivity index (χ1) is 7.57. The fraction of sp³-hybridized carbons (Fsp3) is 0.500. The summed E-state index contributed by atoms with van der Waals surface area (Å²) in [6, 6.07) is 2.68. The molecule has 0 spiro atoms. The van der Waals surface area contributed by atoms with Crippen LogP contribution in [0.15, 0.2) is 12.1 Å². The van der Waals surface area contributed by atoms with Crippen molar-refractivity contribution in [1.29, 1.82) is 0 Å². The average Bonchev–Trinajstić information content (AvgIpc) is 2.60. The molecule has 0 saturated heterocycles. The Labute approximate surface area is 93.0 Å². The van der Waals surface area contributed by atoms with Crippen LogP contribution in [0, 0.1) is 10.1 Å². The first-order valence-electron chi connectivity index (χ1n) is 5.05. The highest BCUT2D eigenvalue weighted by Crippen LogP contribution is 2.15. The van der Waals surface area contributed by atoms with Crippen LogP contribution in [-0.4, -0.2) is 22.1 Å². The largest absolute Gasteiger partial charge is 0.459 e. The van der Waals surface area contributed by atoms with Gasteiger partial charge in [-0.25, -0.2) is 9.36 Å². The van der Waals surface area contributed by atoms with Crippen LogP contribution in [0.25, 0.3) is 0 Å². The van der Waals surface area contributed by atoms with Crippen molar-refractivity contribution in [3.8, 4) is 0 Å². The third-order valence-corrected chi connectivity index (χ3v) is 2.22. The summed E-state index contributed by atoms with van der Waals surface area (Å²) in [5, 5.41) is 10.6. The normalized spacial score (nSPS) is 10.1. The van der Waals surface area contributed by atoms with Crippen molar-refractivity contribution in [3.63, 3.8) is 0 Å². The Morgan fingerprint density at radius 2 is 2.25 bits per heavy atom. The number of esters is 1. The van der Waals surface area contributed by atoms with Crippen molar-refractivity contribution in [2.75, 3.05) is 6.61 Å². The van der Waals surface area contributed by atoms with Crippen molar-refractivity contribution in [3.05, 3.63) is 27.9 Å². The number of ether oxygens (including phenoxy) is 1. The highest BCUT2D eigenvalue weighted by molar-refractivity contribution is 5.88. The summed E-state index contributed by atoms with van der Waals surface area (Å²) in [6.45, 7) is 2.33. The number of carbonyl (C=O) groups is 1. The molecule has 1 aromatic heterocycles. The molecule has 88 valence electrons. The lowest BCUT2D eigenvalue weighted by Crippen LogP contribution is -2.11. The Hall–Kier alpha value is -1.85. The number of hydrogen-bond acceptors (Lipinski definition) is 4. The molecule has 16 heavy (non-hydrogen) atoms. The molecule has 0 bridgehead atoms. The number of nitrogens with zero attached hydrogens (tertiary/aromatic N) is 2. The molecule has 0 aliphatic rings. The SMILES string of the molecule is CCCCOC(=O)c1ccc([N+](=O)[O-])n1C. The second kappa shape index (κ2) is 5.29. The Morgan fingerprint density at radius 1 is 1.56 bits per heavy atom. The highest BCUT2D eigenvalue weighted by Gasteiger charge is 2.21. The van der Waals surface area contributed by atoms with Gasteiger partial charge in [0.05, 0.1) is 13.7 Å². The highest BCUT2D eigenvalue weighted by atomic mass is 16.6. The number of nitro groups is 1. The molecular weight excluding hydrogens is 212 g/mol. The van der Waals surface area contributed by atoms with Gasteiger partial charge in [-0.05, 0) is 11.3 Å². The molecule has 0 saturated carbocycles. The van der Waals surface area contributed by atoms with Crippen LogP contribution in [0.1, 0.15) is 30.3 Å². The standard InChI is InChI=1S/C10H14N2O4/c1-3-4-7-16-10(13)8-5-6-9(11(8)2)12(14)15/h5-6H,3-4,7H2,1-2H3. The van der Waals surface area contributed by atoms with Crippen molar-refractivity contribution < 1.29 is 14.5 Å². The minimum Gasteiger partial charge on any atom is -0.459 e. The smallest absolute Gasteiger partial charge is 0.378 e. The van der Waals surface area contributed by atoms with Crippen LogP contribution in [-0.2, 0) is 11.8 Å². The van der Waals surface area contributed by atoms with Gasteiger partial charge in [0.25, 0.3) is 0 Å². The van der Waals surface area contributed by atoms with E-state index in [1.807, 2.05) is 6.92 Å². The van der Waals surface area contributed by atoms with Gasteiger partial charge in [-0.1, -0.05) is 13.3 Å². The molecule has 1 aromatic rings. The number of unbranched alkanes of at least 4 members (excludes halogenated alkanes) is 1. The molecule has 0 aliphatic heterocycles. The van der Waals surface area contributed by atoms with Crippen LogP contribution in [0.3, 0.4) is 0 Å². The van der Waals surface area contributed by atoms with Gasteiger partial charge in [0.2, 0.25) is 5.69 Å². The first-order valence-corrected chi connectivity index (χ1v) is 5.05. The van der Waals surface area contributed by atoms with E-state index in [9.17, 15) is 14.9 Å². The maximum atomic E-state index is 11.5. The zero-order valence-electron chi connectivity index (χ0n) is 9.30. The summed E-state index contributed by atoms with van der Waals surface area (Å²) >= 11 is 0. The van der Waals surface area contributed by atoms with Crippen LogP contribution >= 0.6 is 0 Å². The van der Waals surface area contributed by atoms with Gasteiger partial charge in [-0.15, -0.1) is 0 Å². The van der Waals surface area contributed by atoms with E-state index in [-0.39, 0.29) is 11.5 Å². The Morgan fingerprint density at radius 3 is 2.75 bits per heavy atom. The van der Waals surface area contributed by atoms with Gasteiger partial charge < -0.3 is 14.9 Å². The number of rotatable bonds is 5. The molecule has 0 N–H and O–H groups in total. The van der Waals surface area contributed by atoms with E-state index in [0.29, 0.717) is 6.61 Å². The fourth-order valence-electron chi connectivity index (χ4n) is 1.27. The van der Waals surface area contributed by atoms with Crippen LogP contribution in [0.2, 0.25) is 0 Å². The molecule has 6 nitrogen and oxygen atoms in total. The van der Waals surface area contributed by atoms with Gasteiger partial charge in [0.15, 0.2) is 0 Å². The lowest BCUT2D eigenvalue weighted by Gasteiger charge is -2.02. The van der Waals surface area contributed by atoms with E-state index >= 15 is 0 Å². The monoisotopic (exact) mass is 226 g/mol. The molecular formula is C10H14N2O4. The molecule has 1 rings (SSSR count). The van der Waals surface area contributed by atoms with E-state index in [1.54, 1.807) is 0 Å². The van der Waals surface area contributed by atoms with Crippen LogP contribution in [0.4, 0.5) is 5.82 Å². The van der Waals surface area contributed by atoms with Crippen molar-refractivity contribution >= 4 is 11.8 Å². The van der Waals surface area contributed by atoms with E-state index in [0.717, 1.165) is 12.8 Å². The first kappa shape index (κ1) is 12.2. The Bertz CT molecular complexity index is 398. The van der Waals surface area contributed by atoms with Crippen molar-refractivity contribution in [2.45, 2.75) is 19.8 Å². The van der Waals surface area contributed by atoms with Crippen molar-refractivity contribution in [1.82, 2.24) is 4.57 Å². The molecule has 6 heteroatoms. The quantitative estimate of drug-likeness (QED) is 0.332. The Kier molecular flexibility index (Phi) is 4.04. The predicted octanol–water partition coefficient (Wildman–Crippen LogP) is 1.89. The zero-order chi connectivity index (χ0) is 12.1. The topological polar surface area (TPSA) is 74.4 Å². The van der Waals surface area contributed by atoms with Gasteiger partial charge in [-0.2, -0.15) is 0 Å². The van der Waals surface area contributed by atoms with Gasteiger partial charge in [-0.3, -0.25) is 0 Å².